The molecule has 1 aliphatic heterocycles. The summed E-state index contributed by atoms with van der Waals surface area (Å²) in [6, 6.07) is 3.87. The Bertz CT molecular complexity index is 664. The molecule has 0 bridgehead atoms. The number of likely N-dealkylation sites (N-methyl/N-ethyl adjacent to an activating group) is 1. The van der Waals surface area contributed by atoms with Gasteiger partial charge in [-0.2, -0.15) is 4.98 Å². The van der Waals surface area contributed by atoms with Gasteiger partial charge in [-0.15, -0.1) is 0 Å². The van der Waals surface area contributed by atoms with E-state index in [2.05, 4.69) is 27.0 Å². The van der Waals surface area contributed by atoms with Crippen LogP contribution in [0.1, 0.15) is 48.0 Å². The highest BCUT2D eigenvalue weighted by atomic mass is 16.5. The predicted octanol–water partition coefficient (Wildman–Crippen LogP) is 1.52. The number of rotatable bonds is 5. The Hall–Kier alpha value is -1.70. The van der Waals surface area contributed by atoms with Gasteiger partial charge >= 0.3 is 0 Å². The summed E-state index contributed by atoms with van der Waals surface area (Å²) in [7, 11) is 2.10. The average molecular weight is 318 g/mol. The first-order valence-corrected chi connectivity index (χ1v) is 8.17. The van der Waals surface area contributed by atoms with Crippen LogP contribution in [0.3, 0.4) is 0 Å². The van der Waals surface area contributed by atoms with E-state index in [0.717, 1.165) is 43.7 Å². The number of furan rings is 1. The van der Waals surface area contributed by atoms with Crippen molar-refractivity contribution >= 4 is 0 Å². The van der Waals surface area contributed by atoms with Gasteiger partial charge in [-0.1, -0.05) is 5.16 Å². The van der Waals surface area contributed by atoms with Crippen molar-refractivity contribution in [3.05, 3.63) is 35.4 Å². The molecule has 2 aromatic heterocycles. The summed E-state index contributed by atoms with van der Waals surface area (Å²) in [5.74, 6) is 3.58. The Kier molecular flexibility index (Phi) is 3.92. The van der Waals surface area contributed by atoms with E-state index in [0.29, 0.717) is 11.7 Å². The van der Waals surface area contributed by atoms with Crippen LogP contribution < -0.4 is 0 Å². The van der Waals surface area contributed by atoms with Gasteiger partial charge in [0.1, 0.15) is 24.2 Å². The van der Waals surface area contributed by atoms with Crippen LogP contribution in [0.4, 0.5) is 0 Å². The molecule has 2 aromatic rings. The lowest BCUT2D eigenvalue weighted by Crippen LogP contribution is -2.46. The molecule has 2 fully saturated rings. The van der Waals surface area contributed by atoms with Crippen molar-refractivity contribution in [3.8, 4) is 0 Å². The van der Waals surface area contributed by atoms with Crippen molar-refractivity contribution in [3.63, 3.8) is 0 Å². The molecular weight excluding hydrogens is 296 g/mol. The molecule has 1 N–H and O–H groups in total. The van der Waals surface area contributed by atoms with Gasteiger partial charge in [-0.3, -0.25) is 9.80 Å². The smallest absolute Gasteiger partial charge is 0.245 e. The fourth-order valence-electron chi connectivity index (χ4n) is 3.04. The summed E-state index contributed by atoms with van der Waals surface area (Å²) >= 11 is 0. The summed E-state index contributed by atoms with van der Waals surface area (Å²) in [5, 5.41) is 13.2. The first kappa shape index (κ1) is 14.9. The Morgan fingerprint density at radius 2 is 2.09 bits per heavy atom. The van der Waals surface area contributed by atoms with Gasteiger partial charge in [0.15, 0.2) is 5.82 Å². The maximum Gasteiger partial charge on any atom is 0.245 e. The highest BCUT2D eigenvalue weighted by molar-refractivity contribution is 5.08. The number of aromatic nitrogens is 2. The van der Waals surface area contributed by atoms with Gasteiger partial charge < -0.3 is 14.0 Å². The van der Waals surface area contributed by atoms with E-state index in [1.165, 1.54) is 12.8 Å². The number of aliphatic hydroxyl groups is 1. The van der Waals surface area contributed by atoms with Crippen LogP contribution in [-0.2, 0) is 13.2 Å². The van der Waals surface area contributed by atoms with Crippen LogP contribution in [0, 0.1) is 0 Å². The molecule has 1 aliphatic carbocycles. The predicted molar refractivity (Wildman–Crippen MR) is 81.6 cm³/mol. The fraction of sp³-hybridized carbons (Fsp3) is 0.625. The van der Waals surface area contributed by atoms with Crippen LogP contribution in [0.2, 0.25) is 0 Å². The molecule has 124 valence electrons. The maximum absolute atomic E-state index is 9.09. The van der Waals surface area contributed by atoms with Crippen LogP contribution >= 0.6 is 0 Å². The first-order valence-electron chi connectivity index (χ1n) is 8.17. The second kappa shape index (κ2) is 6.07. The van der Waals surface area contributed by atoms with E-state index in [1.54, 1.807) is 0 Å². The summed E-state index contributed by atoms with van der Waals surface area (Å²) < 4.78 is 11.1. The molecule has 23 heavy (non-hydrogen) atoms. The molecule has 0 amide bonds. The molecule has 0 unspecified atom stereocenters. The largest absolute Gasteiger partial charge is 0.462 e. The quantitative estimate of drug-likeness (QED) is 0.895. The van der Waals surface area contributed by atoms with Gasteiger partial charge in [0.25, 0.3) is 0 Å². The third kappa shape index (κ3) is 3.17. The van der Waals surface area contributed by atoms with Crippen molar-refractivity contribution in [2.24, 2.45) is 0 Å². The molecule has 0 radical (unpaired) electrons. The number of nitrogens with zero attached hydrogens (tertiary/aromatic N) is 4. The molecule has 4 rings (SSSR count). The molecule has 1 saturated carbocycles. The number of piperazine rings is 1. The van der Waals surface area contributed by atoms with Crippen molar-refractivity contribution in [2.45, 2.75) is 38.0 Å². The maximum atomic E-state index is 9.09. The minimum atomic E-state index is -0.0582. The molecule has 0 spiro atoms. The molecule has 1 atom stereocenters. The SMILES string of the molecule is CN1CCN(Cc2ccc(CO)o2)C[C@@H]1c1nc(C2CC2)no1. The Morgan fingerprint density at radius 1 is 1.26 bits per heavy atom. The van der Waals surface area contributed by atoms with Crippen molar-refractivity contribution in [1.82, 2.24) is 19.9 Å². The molecule has 3 heterocycles. The zero-order chi connectivity index (χ0) is 15.8. The summed E-state index contributed by atoms with van der Waals surface area (Å²) in [6.07, 6.45) is 2.36. The van der Waals surface area contributed by atoms with Gasteiger partial charge in [0, 0.05) is 25.6 Å². The summed E-state index contributed by atoms with van der Waals surface area (Å²) in [5.41, 5.74) is 0. The third-order valence-electron chi connectivity index (χ3n) is 4.67. The highest BCUT2D eigenvalue weighted by Crippen LogP contribution is 2.38. The van der Waals surface area contributed by atoms with Gasteiger partial charge in [-0.05, 0) is 32.0 Å². The minimum absolute atomic E-state index is 0.0582. The van der Waals surface area contributed by atoms with E-state index in [9.17, 15) is 0 Å². The Labute approximate surface area is 134 Å². The highest BCUT2D eigenvalue weighted by Gasteiger charge is 2.33. The van der Waals surface area contributed by atoms with Crippen LogP contribution in [0.5, 0.6) is 0 Å². The lowest BCUT2D eigenvalue weighted by Gasteiger charge is -2.37. The fourth-order valence-corrected chi connectivity index (χ4v) is 3.04. The number of hydrogen-bond acceptors (Lipinski definition) is 7. The van der Waals surface area contributed by atoms with E-state index >= 15 is 0 Å². The molecule has 1 saturated heterocycles. The standard InChI is InChI=1S/C16H22N4O3/c1-19-6-7-20(8-12-4-5-13(10-21)22-12)9-14(19)16-17-15(18-23-16)11-2-3-11/h4-5,11,14,21H,2-3,6-10H2,1H3/t14-/m1/s1. The second-order valence-electron chi connectivity index (χ2n) is 6.52. The topological polar surface area (TPSA) is 78.8 Å². The van der Waals surface area contributed by atoms with Crippen molar-refractivity contribution in [1.29, 1.82) is 0 Å². The van der Waals surface area contributed by atoms with E-state index in [-0.39, 0.29) is 12.6 Å². The van der Waals surface area contributed by atoms with Gasteiger partial charge in [-0.25, -0.2) is 0 Å². The molecule has 7 nitrogen and oxygen atoms in total. The zero-order valence-electron chi connectivity index (χ0n) is 13.3. The monoisotopic (exact) mass is 318 g/mol. The molecule has 2 aliphatic rings. The average Bonchev–Trinajstić information content (AvgIpc) is 3.12. The van der Waals surface area contributed by atoms with E-state index in [1.807, 2.05) is 12.1 Å². The van der Waals surface area contributed by atoms with E-state index in [4.69, 9.17) is 14.0 Å². The lowest BCUT2D eigenvalue weighted by atomic mass is 10.1. The van der Waals surface area contributed by atoms with E-state index < -0.39 is 0 Å². The first-order chi connectivity index (χ1) is 11.2. The van der Waals surface area contributed by atoms with Crippen LogP contribution in [-0.4, -0.2) is 51.7 Å². The van der Waals surface area contributed by atoms with Crippen LogP contribution in [0.25, 0.3) is 0 Å². The molecule has 0 aromatic carbocycles. The third-order valence-corrected chi connectivity index (χ3v) is 4.67. The molecule has 7 heteroatoms. The van der Waals surface area contributed by atoms with Crippen molar-refractivity contribution in [2.75, 3.05) is 26.7 Å². The number of hydrogen-bond donors (Lipinski definition) is 1. The number of aliphatic hydroxyl groups excluding tert-OH is 1. The summed E-state index contributed by atoms with van der Waals surface area (Å²) in [4.78, 5) is 9.19. The van der Waals surface area contributed by atoms with Gasteiger partial charge in [0.05, 0.1) is 6.54 Å². The minimum Gasteiger partial charge on any atom is -0.462 e. The Morgan fingerprint density at radius 3 is 2.83 bits per heavy atom. The normalized spacial score (nSPS) is 23.5. The lowest BCUT2D eigenvalue weighted by molar-refractivity contribution is 0.0668. The Balaban J connectivity index is 1.44. The summed E-state index contributed by atoms with van der Waals surface area (Å²) in [6.45, 7) is 3.41. The zero-order valence-corrected chi connectivity index (χ0v) is 13.3. The van der Waals surface area contributed by atoms with Gasteiger partial charge in [0.2, 0.25) is 5.89 Å². The second-order valence-corrected chi connectivity index (χ2v) is 6.52. The van der Waals surface area contributed by atoms with Crippen LogP contribution in [0.15, 0.2) is 21.1 Å². The molecular formula is C16H22N4O3. The van der Waals surface area contributed by atoms with Crippen molar-refractivity contribution < 1.29 is 14.0 Å².